The minimum Gasteiger partial charge on any atom is -0.442 e. The average molecular weight is 548 g/mol. The summed E-state index contributed by atoms with van der Waals surface area (Å²) < 4.78 is 6.09. The van der Waals surface area contributed by atoms with Gasteiger partial charge >= 0.3 is 6.09 Å². The lowest BCUT2D eigenvalue weighted by molar-refractivity contribution is -0.950. The smallest absolute Gasteiger partial charge is 0.431 e. The highest BCUT2D eigenvalue weighted by Crippen LogP contribution is 2.34. The number of quaternary nitrogens is 1. The Morgan fingerprint density at radius 2 is 1.60 bits per heavy atom. The molecule has 2 aliphatic heterocycles. The van der Waals surface area contributed by atoms with Gasteiger partial charge in [0.05, 0.1) is 26.2 Å². The Kier molecular flexibility index (Phi) is 7.48. The van der Waals surface area contributed by atoms with Crippen molar-refractivity contribution in [3.05, 3.63) is 34.4 Å². The van der Waals surface area contributed by atoms with E-state index >= 15 is 0 Å². The van der Waals surface area contributed by atoms with Crippen molar-refractivity contribution in [2.45, 2.75) is 50.1 Å². The summed E-state index contributed by atoms with van der Waals surface area (Å²) in [6.45, 7) is 10.4. The summed E-state index contributed by atoms with van der Waals surface area (Å²) in [5.41, 5.74) is 7.10. The quantitative estimate of drug-likeness (QED) is 0.347. The van der Waals surface area contributed by atoms with Crippen LogP contribution in [0.15, 0.2) is 12.1 Å². The van der Waals surface area contributed by atoms with Crippen LogP contribution in [0.2, 0.25) is 0 Å². The van der Waals surface area contributed by atoms with Gasteiger partial charge in [-0.25, -0.2) is 4.79 Å². The van der Waals surface area contributed by atoms with Crippen molar-refractivity contribution in [2.24, 2.45) is 0 Å². The maximum atomic E-state index is 12.4. The number of fused-ring (bicyclic) bond motifs is 1. The van der Waals surface area contributed by atoms with Crippen LogP contribution in [-0.4, -0.2) is 59.8 Å². The SMILES string of the molecule is CC(C)(C)OC(=O)NOCC(=O)N1CC[N+]2(CC1)Cc1cc(CBr)c(CBr)cc1C2. The molecule has 1 aromatic carbocycles. The highest BCUT2D eigenvalue weighted by atomic mass is 79.9. The molecule has 2 heterocycles. The first-order valence-corrected chi connectivity index (χ1v) is 12.4. The van der Waals surface area contributed by atoms with Crippen LogP contribution in [0.5, 0.6) is 0 Å². The Morgan fingerprint density at radius 1 is 1.07 bits per heavy atom. The van der Waals surface area contributed by atoms with Crippen molar-refractivity contribution < 1.29 is 23.6 Å². The molecule has 0 aliphatic carbocycles. The fourth-order valence-corrected chi connectivity index (χ4v) is 5.16. The van der Waals surface area contributed by atoms with Gasteiger partial charge in [-0.1, -0.05) is 31.9 Å². The summed E-state index contributed by atoms with van der Waals surface area (Å²) in [5, 5.41) is 1.72. The molecule has 1 saturated heterocycles. The summed E-state index contributed by atoms with van der Waals surface area (Å²) >= 11 is 7.19. The van der Waals surface area contributed by atoms with Gasteiger partial charge in [0.1, 0.15) is 18.7 Å². The molecule has 1 spiro atoms. The molecule has 0 aromatic heterocycles. The summed E-state index contributed by atoms with van der Waals surface area (Å²) in [7, 11) is 0. The van der Waals surface area contributed by atoms with Crippen molar-refractivity contribution in [1.29, 1.82) is 0 Å². The molecule has 1 N–H and O–H groups in total. The summed E-state index contributed by atoms with van der Waals surface area (Å²) in [6, 6.07) is 4.67. The number of hydrogen-bond acceptors (Lipinski definition) is 4. The molecular weight excluding hydrogens is 518 g/mol. The number of nitrogens with one attached hydrogen (secondary N) is 1. The largest absolute Gasteiger partial charge is 0.442 e. The molecule has 0 atom stereocenters. The lowest BCUT2D eigenvalue weighted by Crippen LogP contribution is -2.58. The van der Waals surface area contributed by atoms with E-state index in [2.05, 4.69) is 49.5 Å². The van der Waals surface area contributed by atoms with Gasteiger partial charge < -0.3 is 14.1 Å². The number of ether oxygens (including phenoxy) is 1. The number of halogens is 2. The lowest BCUT2D eigenvalue weighted by Gasteiger charge is -2.42. The van der Waals surface area contributed by atoms with E-state index in [0.717, 1.165) is 41.3 Å². The first-order chi connectivity index (χ1) is 14.1. The second-order valence-electron chi connectivity index (χ2n) is 9.04. The molecule has 1 aromatic rings. The van der Waals surface area contributed by atoms with Crippen LogP contribution in [0.4, 0.5) is 4.79 Å². The topological polar surface area (TPSA) is 67.9 Å². The second-order valence-corrected chi connectivity index (χ2v) is 10.2. The van der Waals surface area contributed by atoms with Crippen LogP contribution in [-0.2, 0) is 38.1 Å². The van der Waals surface area contributed by atoms with Crippen LogP contribution in [0, 0.1) is 0 Å². The van der Waals surface area contributed by atoms with Crippen LogP contribution in [0.25, 0.3) is 0 Å². The van der Waals surface area contributed by atoms with Gasteiger partial charge in [-0.2, -0.15) is 5.48 Å². The number of amides is 2. The van der Waals surface area contributed by atoms with Gasteiger partial charge in [0.15, 0.2) is 6.61 Å². The standard InChI is InChI=1S/C21H29Br2N3O4/c1-21(2,3)30-20(28)24-29-14-19(27)25-4-6-26(7-5-25)12-17-8-15(10-22)16(11-23)9-18(17)13-26/h8-9H,4-7,10-14H2,1-3H3/p+1. The number of piperazine rings is 1. The molecule has 0 bridgehead atoms. The van der Waals surface area contributed by atoms with Crippen molar-refractivity contribution in [3.8, 4) is 0 Å². The molecule has 0 radical (unpaired) electrons. The summed E-state index contributed by atoms with van der Waals surface area (Å²) in [5.74, 6) is -0.122. The number of hydrogen-bond donors (Lipinski definition) is 1. The van der Waals surface area contributed by atoms with Gasteiger partial charge in [0, 0.05) is 21.8 Å². The zero-order chi connectivity index (χ0) is 21.9. The third-order valence-corrected chi connectivity index (χ3v) is 6.82. The van der Waals surface area contributed by atoms with E-state index in [4.69, 9.17) is 9.57 Å². The van der Waals surface area contributed by atoms with Gasteiger partial charge in [-0.15, -0.1) is 0 Å². The van der Waals surface area contributed by atoms with Gasteiger partial charge in [0.2, 0.25) is 0 Å². The third-order valence-electron chi connectivity index (χ3n) is 5.61. The van der Waals surface area contributed by atoms with E-state index < -0.39 is 11.7 Å². The minimum absolute atomic E-state index is 0.122. The highest BCUT2D eigenvalue weighted by Gasteiger charge is 2.40. The van der Waals surface area contributed by atoms with Crippen LogP contribution in [0.1, 0.15) is 43.0 Å². The van der Waals surface area contributed by atoms with E-state index in [-0.39, 0.29) is 12.5 Å². The van der Waals surface area contributed by atoms with Crippen LogP contribution in [0.3, 0.4) is 0 Å². The number of benzene rings is 1. The van der Waals surface area contributed by atoms with Crippen LogP contribution < -0.4 is 5.48 Å². The number of nitrogens with zero attached hydrogens (tertiary/aromatic N) is 2. The fraction of sp³-hybridized carbons (Fsp3) is 0.619. The molecule has 7 nitrogen and oxygen atoms in total. The molecule has 0 saturated carbocycles. The van der Waals surface area contributed by atoms with Gasteiger partial charge in [0.25, 0.3) is 5.91 Å². The molecule has 3 rings (SSSR count). The summed E-state index contributed by atoms with van der Waals surface area (Å²) in [4.78, 5) is 30.9. The third kappa shape index (κ3) is 5.75. The number of carbonyl (C=O) groups excluding carboxylic acids is 2. The minimum atomic E-state index is -0.695. The average Bonchev–Trinajstić information content (AvgIpc) is 3.02. The zero-order valence-electron chi connectivity index (χ0n) is 17.8. The first-order valence-electron chi connectivity index (χ1n) is 10.1. The van der Waals surface area contributed by atoms with Gasteiger partial charge in [-0.05, 0) is 44.0 Å². The van der Waals surface area contributed by atoms with Gasteiger partial charge in [-0.3, -0.25) is 9.63 Å². The molecule has 166 valence electrons. The zero-order valence-corrected chi connectivity index (χ0v) is 21.0. The Labute approximate surface area is 194 Å². The molecule has 2 aliphatic rings. The molecular formula is C21H30Br2N3O4+. The number of alkyl halides is 2. The Morgan fingerprint density at radius 3 is 2.07 bits per heavy atom. The van der Waals surface area contributed by atoms with Crippen molar-refractivity contribution in [1.82, 2.24) is 10.4 Å². The maximum absolute atomic E-state index is 12.4. The predicted molar refractivity (Wildman–Crippen MR) is 121 cm³/mol. The normalized spacial score (nSPS) is 17.7. The molecule has 1 fully saturated rings. The number of carbonyl (C=O) groups is 2. The van der Waals surface area contributed by atoms with E-state index in [1.807, 2.05) is 4.90 Å². The summed E-state index contributed by atoms with van der Waals surface area (Å²) in [6.07, 6.45) is -0.695. The second kappa shape index (κ2) is 9.54. The Balaban J connectivity index is 1.49. The Bertz CT molecular complexity index is 767. The van der Waals surface area contributed by atoms with E-state index in [9.17, 15) is 9.59 Å². The van der Waals surface area contributed by atoms with Crippen molar-refractivity contribution in [3.63, 3.8) is 0 Å². The van der Waals surface area contributed by atoms with Crippen molar-refractivity contribution >= 4 is 43.9 Å². The monoisotopic (exact) mass is 546 g/mol. The molecule has 9 heteroatoms. The maximum Gasteiger partial charge on any atom is 0.431 e. The lowest BCUT2D eigenvalue weighted by atomic mass is 10.0. The molecule has 0 unspecified atom stereocenters. The van der Waals surface area contributed by atoms with Crippen molar-refractivity contribution in [2.75, 3.05) is 32.8 Å². The van der Waals surface area contributed by atoms with E-state index in [1.54, 1.807) is 20.8 Å². The van der Waals surface area contributed by atoms with Crippen LogP contribution >= 0.6 is 31.9 Å². The van der Waals surface area contributed by atoms with E-state index in [1.165, 1.54) is 22.3 Å². The predicted octanol–water partition coefficient (Wildman–Crippen LogP) is 3.61. The molecule has 2 amide bonds. The number of hydroxylamine groups is 1. The highest BCUT2D eigenvalue weighted by molar-refractivity contribution is 9.09. The molecule has 30 heavy (non-hydrogen) atoms. The fourth-order valence-electron chi connectivity index (χ4n) is 4.12. The Hall–Kier alpha value is -1.16. The number of rotatable bonds is 5. The van der Waals surface area contributed by atoms with E-state index in [0.29, 0.717) is 13.1 Å². The first kappa shape index (κ1) is 23.5.